The number of amides is 1. The van der Waals surface area contributed by atoms with Crippen LogP contribution in [0.2, 0.25) is 5.02 Å². The maximum Gasteiger partial charge on any atom is 0.248 e. The van der Waals surface area contributed by atoms with Gasteiger partial charge in [-0.3, -0.25) is 4.79 Å². The van der Waals surface area contributed by atoms with Gasteiger partial charge in [-0.1, -0.05) is 23.7 Å². The molecule has 0 radical (unpaired) electrons. The van der Waals surface area contributed by atoms with Crippen LogP contribution >= 0.6 is 11.6 Å². The first-order chi connectivity index (χ1) is 11.7. The van der Waals surface area contributed by atoms with Crippen molar-refractivity contribution < 1.29 is 13.2 Å². The molecule has 0 aliphatic heterocycles. The van der Waals surface area contributed by atoms with Crippen LogP contribution in [0.15, 0.2) is 53.4 Å². The second-order valence-electron chi connectivity index (χ2n) is 5.50. The lowest BCUT2D eigenvalue weighted by atomic mass is 10.2. The first-order valence-electron chi connectivity index (χ1n) is 7.25. The van der Waals surface area contributed by atoms with E-state index in [-0.39, 0.29) is 4.90 Å². The van der Waals surface area contributed by atoms with Crippen LogP contribution in [-0.4, -0.2) is 28.4 Å². The van der Waals surface area contributed by atoms with Crippen molar-refractivity contribution in [2.24, 2.45) is 5.14 Å². The number of nitrogens with two attached hydrogens (primary N) is 1. The molecule has 0 saturated carbocycles. The minimum Gasteiger partial charge on any atom is -0.376 e. The summed E-state index contributed by atoms with van der Waals surface area (Å²) in [7, 11) is -0.304. The van der Waals surface area contributed by atoms with E-state index in [2.05, 4.69) is 5.32 Å². The van der Waals surface area contributed by atoms with Crippen LogP contribution in [0.25, 0.3) is 6.08 Å². The molecule has 1 amide bonds. The molecule has 8 heteroatoms. The van der Waals surface area contributed by atoms with Crippen molar-refractivity contribution in [3.05, 3.63) is 59.1 Å². The fraction of sp³-hybridized carbons (Fsp3) is 0.118. The Morgan fingerprint density at radius 2 is 1.92 bits per heavy atom. The summed E-state index contributed by atoms with van der Waals surface area (Å²) in [5.74, 6) is -0.408. The second-order valence-corrected chi connectivity index (χ2v) is 7.49. The first kappa shape index (κ1) is 19.0. The number of halogens is 1. The number of hydrogen-bond donors (Lipinski definition) is 2. The minimum atomic E-state index is -3.87. The Balaban J connectivity index is 2.27. The normalized spacial score (nSPS) is 11.5. The van der Waals surface area contributed by atoms with Crippen LogP contribution < -0.4 is 15.4 Å². The van der Waals surface area contributed by atoms with Crippen molar-refractivity contribution in [1.29, 1.82) is 0 Å². The molecule has 0 spiro atoms. The van der Waals surface area contributed by atoms with E-state index in [4.69, 9.17) is 16.7 Å². The van der Waals surface area contributed by atoms with Gasteiger partial charge in [0.15, 0.2) is 0 Å². The van der Waals surface area contributed by atoms with Crippen LogP contribution in [0, 0.1) is 0 Å². The summed E-state index contributed by atoms with van der Waals surface area (Å²) in [5.41, 5.74) is 1.77. The van der Waals surface area contributed by atoms with E-state index in [0.717, 1.165) is 5.56 Å². The monoisotopic (exact) mass is 379 g/mol. The topological polar surface area (TPSA) is 92.5 Å². The highest BCUT2D eigenvalue weighted by Gasteiger charge is 2.13. The molecule has 132 valence electrons. The number of benzene rings is 2. The highest BCUT2D eigenvalue weighted by molar-refractivity contribution is 7.89. The van der Waals surface area contributed by atoms with Gasteiger partial charge in [-0.25, -0.2) is 13.6 Å². The Labute approximate surface area is 151 Å². The number of rotatable bonds is 5. The quantitative estimate of drug-likeness (QED) is 0.781. The van der Waals surface area contributed by atoms with Crippen molar-refractivity contribution in [1.82, 2.24) is 0 Å². The molecule has 0 unspecified atom stereocenters. The summed E-state index contributed by atoms with van der Waals surface area (Å²) in [6.45, 7) is 0. The summed E-state index contributed by atoms with van der Waals surface area (Å²) >= 11 is 5.90. The number of carbonyl (C=O) groups is 1. The molecule has 0 aromatic heterocycles. The standard InChI is InChI=1S/C17H18ClN3O3S/c1-21(2)16-8-7-14(25(19,23)24)11-15(16)20-17(22)9-6-12-4-3-5-13(18)10-12/h3-11H,1-2H3,(H,20,22)(H2,19,23,24)/b9-6+. The first-order valence-corrected chi connectivity index (χ1v) is 9.18. The lowest BCUT2D eigenvalue weighted by Gasteiger charge is -2.18. The van der Waals surface area contributed by atoms with E-state index in [1.807, 2.05) is 6.07 Å². The van der Waals surface area contributed by atoms with E-state index in [9.17, 15) is 13.2 Å². The van der Waals surface area contributed by atoms with Crippen LogP contribution in [0.4, 0.5) is 11.4 Å². The summed E-state index contributed by atoms with van der Waals surface area (Å²) in [4.78, 5) is 13.9. The molecule has 0 aliphatic rings. The molecule has 2 aromatic rings. The van der Waals surface area contributed by atoms with Crippen molar-refractivity contribution in [2.45, 2.75) is 4.90 Å². The highest BCUT2D eigenvalue weighted by Crippen LogP contribution is 2.27. The van der Waals surface area contributed by atoms with Gasteiger partial charge in [0, 0.05) is 25.2 Å². The molecule has 25 heavy (non-hydrogen) atoms. The summed E-state index contributed by atoms with van der Waals surface area (Å²) in [6, 6.07) is 11.3. The van der Waals surface area contributed by atoms with E-state index in [1.165, 1.54) is 18.2 Å². The highest BCUT2D eigenvalue weighted by atomic mass is 35.5. The van der Waals surface area contributed by atoms with Gasteiger partial charge in [0.2, 0.25) is 15.9 Å². The Morgan fingerprint density at radius 3 is 2.52 bits per heavy atom. The zero-order chi connectivity index (χ0) is 18.6. The summed E-state index contributed by atoms with van der Waals surface area (Å²) in [6.07, 6.45) is 2.95. The second kappa shape index (κ2) is 7.69. The predicted molar refractivity (Wildman–Crippen MR) is 101 cm³/mol. The number of primary sulfonamides is 1. The number of nitrogens with zero attached hydrogens (tertiary/aromatic N) is 1. The van der Waals surface area contributed by atoms with Crippen LogP contribution in [-0.2, 0) is 14.8 Å². The van der Waals surface area contributed by atoms with Gasteiger partial charge in [-0.15, -0.1) is 0 Å². The van der Waals surface area contributed by atoms with E-state index >= 15 is 0 Å². The van der Waals surface area contributed by atoms with Crippen LogP contribution in [0.5, 0.6) is 0 Å². The molecule has 0 atom stereocenters. The Kier molecular flexibility index (Phi) is 5.84. The molecule has 0 saturated heterocycles. The predicted octanol–water partition coefficient (Wildman–Crippen LogP) is 2.71. The summed E-state index contributed by atoms with van der Waals surface area (Å²) < 4.78 is 23.0. The molecular weight excluding hydrogens is 362 g/mol. The van der Waals surface area contributed by atoms with Gasteiger partial charge in [0.1, 0.15) is 0 Å². The smallest absolute Gasteiger partial charge is 0.248 e. The Bertz CT molecular complexity index is 924. The molecular formula is C17H18ClN3O3S. The van der Waals surface area contributed by atoms with Crippen molar-refractivity contribution in [3.63, 3.8) is 0 Å². The fourth-order valence-corrected chi connectivity index (χ4v) is 2.88. The Morgan fingerprint density at radius 1 is 1.20 bits per heavy atom. The molecule has 0 aliphatic carbocycles. The number of carbonyl (C=O) groups excluding carboxylic acids is 1. The van der Waals surface area contributed by atoms with Gasteiger partial charge in [-0.05, 0) is 42.0 Å². The van der Waals surface area contributed by atoms with Gasteiger partial charge in [0.05, 0.1) is 16.3 Å². The molecule has 0 bridgehead atoms. The van der Waals surface area contributed by atoms with Crippen molar-refractivity contribution in [3.8, 4) is 0 Å². The maximum atomic E-state index is 12.2. The van der Waals surface area contributed by atoms with Gasteiger partial charge >= 0.3 is 0 Å². The number of sulfonamides is 1. The minimum absolute atomic E-state index is 0.0766. The largest absolute Gasteiger partial charge is 0.376 e. The SMILES string of the molecule is CN(C)c1ccc(S(N)(=O)=O)cc1NC(=O)/C=C/c1cccc(Cl)c1. The average molecular weight is 380 g/mol. The third-order valence-corrected chi connectivity index (χ3v) is 4.46. The summed E-state index contributed by atoms with van der Waals surface area (Å²) in [5, 5.41) is 8.39. The lowest BCUT2D eigenvalue weighted by Crippen LogP contribution is -2.17. The van der Waals surface area contributed by atoms with E-state index in [1.54, 1.807) is 49.3 Å². The van der Waals surface area contributed by atoms with E-state index < -0.39 is 15.9 Å². The zero-order valence-corrected chi connectivity index (χ0v) is 15.3. The molecule has 0 heterocycles. The lowest BCUT2D eigenvalue weighted by molar-refractivity contribution is -0.111. The van der Waals surface area contributed by atoms with Crippen LogP contribution in [0.1, 0.15) is 5.56 Å². The molecule has 2 aromatic carbocycles. The van der Waals surface area contributed by atoms with Crippen LogP contribution in [0.3, 0.4) is 0 Å². The Hall–Kier alpha value is -2.35. The molecule has 6 nitrogen and oxygen atoms in total. The van der Waals surface area contributed by atoms with E-state index in [0.29, 0.717) is 16.4 Å². The average Bonchev–Trinajstić information content (AvgIpc) is 2.52. The fourth-order valence-electron chi connectivity index (χ4n) is 2.14. The molecule has 2 rings (SSSR count). The number of hydrogen-bond acceptors (Lipinski definition) is 4. The molecule has 3 N–H and O–H groups in total. The third kappa shape index (κ3) is 5.32. The third-order valence-electron chi connectivity index (χ3n) is 3.31. The van der Waals surface area contributed by atoms with Gasteiger partial charge < -0.3 is 10.2 Å². The van der Waals surface area contributed by atoms with Crippen molar-refractivity contribution in [2.75, 3.05) is 24.3 Å². The van der Waals surface area contributed by atoms with Gasteiger partial charge in [-0.2, -0.15) is 0 Å². The zero-order valence-electron chi connectivity index (χ0n) is 13.7. The van der Waals surface area contributed by atoms with Crippen molar-refractivity contribution >= 4 is 45.0 Å². The number of anilines is 2. The molecule has 0 fully saturated rings. The van der Waals surface area contributed by atoms with Gasteiger partial charge in [0.25, 0.3) is 0 Å². The maximum absolute atomic E-state index is 12.2. The number of nitrogens with one attached hydrogen (secondary N) is 1.